The Morgan fingerprint density at radius 3 is 2.72 bits per heavy atom. The highest BCUT2D eigenvalue weighted by Gasteiger charge is 2.28. The summed E-state index contributed by atoms with van der Waals surface area (Å²) in [4.78, 5) is 0. The molecule has 1 aliphatic heterocycles. The number of nitrogens with one attached hydrogen (secondary N) is 1. The molecule has 0 aromatic carbocycles. The molecule has 0 aromatic heterocycles. The van der Waals surface area contributed by atoms with Crippen molar-refractivity contribution in [2.24, 2.45) is 0 Å². The number of nitrogens with zero attached hydrogens (tertiary/aromatic N) is 2. The first-order valence-electron chi connectivity index (χ1n) is 6.66. The molecule has 0 radical (unpaired) electrons. The van der Waals surface area contributed by atoms with Gasteiger partial charge in [-0.1, -0.05) is 6.92 Å². The van der Waals surface area contributed by atoms with Gasteiger partial charge in [0.1, 0.15) is 0 Å². The summed E-state index contributed by atoms with van der Waals surface area (Å²) in [6, 6.07) is 0. The minimum atomic E-state index is -3.33. The van der Waals surface area contributed by atoms with E-state index < -0.39 is 10.2 Å². The van der Waals surface area contributed by atoms with Crippen LogP contribution >= 0.6 is 0 Å². The second-order valence-corrected chi connectivity index (χ2v) is 6.13. The third-order valence-corrected chi connectivity index (χ3v) is 5.10. The molecular weight excluding hydrogens is 254 g/mol. The lowest BCUT2D eigenvalue weighted by Crippen LogP contribution is -2.46. The summed E-state index contributed by atoms with van der Waals surface area (Å²) in [6.45, 7) is 8.51. The van der Waals surface area contributed by atoms with Crippen molar-refractivity contribution in [2.75, 3.05) is 52.5 Å². The Morgan fingerprint density at radius 2 is 2.06 bits per heavy atom. The van der Waals surface area contributed by atoms with Crippen LogP contribution in [0.15, 0.2) is 0 Å². The lowest BCUT2D eigenvalue weighted by Gasteiger charge is -2.28. The lowest BCUT2D eigenvalue weighted by molar-refractivity contribution is 0.134. The van der Waals surface area contributed by atoms with Gasteiger partial charge in [0.05, 0.1) is 6.61 Å². The smallest absolute Gasteiger partial charge is 0.282 e. The van der Waals surface area contributed by atoms with Gasteiger partial charge in [0.25, 0.3) is 10.2 Å². The van der Waals surface area contributed by atoms with Crippen LogP contribution in [0.1, 0.15) is 20.3 Å². The molecule has 1 aliphatic rings. The van der Waals surface area contributed by atoms with Gasteiger partial charge in [-0.3, -0.25) is 0 Å². The van der Waals surface area contributed by atoms with Gasteiger partial charge >= 0.3 is 0 Å². The molecule has 108 valence electrons. The number of hydrogen-bond donors (Lipinski definition) is 1. The van der Waals surface area contributed by atoms with E-state index in [0.29, 0.717) is 39.4 Å². The topological polar surface area (TPSA) is 61.9 Å². The highest BCUT2D eigenvalue weighted by atomic mass is 32.2. The summed E-state index contributed by atoms with van der Waals surface area (Å²) in [5.41, 5.74) is 0. The van der Waals surface area contributed by atoms with E-state index in [1.807, 2.05) is 13.8 Å². The molecular formula is C11H25N3O3S. The van der Waals surface area contributed by atoms with Gasteiger partial charge < -0.3 is 10.1 Å². The fourth-order valence-electron chi connectivity index (χ4n) is 1.96. The van der Waals surface area contributed by atoms with E-state index in [-0.39, 0.29) is 0 Å². The minimum Gasteiger partial charge on any atom is -0.380 e. The summed E-state index contributed by atoms with van der Waals surface area (Å²) in [5, 5.41) is 3.21. The average Bonchev–Trinajstić information content (AvgIpc) is 2.63. The molecule has 0 aliphatic carbocycles. The first-order valence-corrected chi connectivity index (χ1v) is 8.06. The quantitative estimate of drug-likeness (QED) is 0.660. The maximum Gasteiger partial charge on any atom is 0.282 e. The molecule has 1 fully saturated rings. The van der Waals surface area contributed by atoms with Crippen molar-refractivity contribution in [1.29, 1.82) is 0 Å². The van der Waals surface area contributed by atoms with E-state index in [2.05, 4.69) is 5.32 Å². The summed E-state index contributed by atoms with van der Waals surface area (Å²) >= 11 is 0. The Morgan fingerprint density at radius 1 is 1.28 bits per heavy atom. The predicted octanol–water partition coefficient (Wildman–Crippen LogP) is -0.115. The highest BCUT2D eigenvalue weighted by Crippen LogP contribution is 2.10. The zero-order chi connectivity index (χ0) is 13.4. The minimum absolute atomic E-state index is 0.427. The van der Waals surface area contributed by atoms with Crippen molar-refractivity contribution < 1.29 is 13.2 Å². The van der Waals surface area contributed by atoms with Crippen LogP contribution in [-0.2, 0) is 14.9 Å². The Hall–Kier alpha value is -0.210. The number of ether oxygens (including phenoxy) is 1. The van der Waals surface area contributed by atoms with Crippen molar-refractivity contribution in [1.82, 2.24) is 13.9 Å². The third-order valence-electron chi connectivity index (χ3n) is 2.99. The predicted molar refractivity (Wildman–Crippen MR) is 71.7 cm³/mol. The van der Waals surface area contributed by atoms with E-state index in [0.717, 1.165) is 19.5 Å². The van der Waals surface area contributed by atoms with E-state index in [9.17, 15) is 8.42 Å². The first-order chi connectivity index (χ1) is 8.62. The summed E-state index contributed by atoms with van der Waals surface area (Å²) in [5.74, 6) is 0. The Bertz CT molecular complexity index is 313. The zero-order valence-electron chi connectivity index (χ0n) is 11.4. The molecule has 7 heteroatoms. The molecule has 18 heavy (non-hydrogen) atoms. The van der Waals surface area contributed by atoms with Crippen molar-refractivity contribution in [3.8, 4) is 0 Å². The molecule has 1 saturated heterocycles. The fraction of sp³-hybridized carbons (Fsp3) is 1.00. The zero-order valence-corrected chi connectivity index (χ0v) is 12.2. The van der Waals surface area contributed by atoms with E-state index in [4.69, 9.17) is 4.74 Å². The number of rotatable bonds is 7. The molecule has 0 aromatic rings. The monoisotopic (exact) mass is 279 g/mol. The number of likely N-dealkylation sites (N-methyl/N-ethyl adjacent to an activating group) is 1. The van der Waals surface area contributed by atoms with Crippen LogP contribution in [0.2, 0.25) is 0 Å². The van der Waals surface area contributed by atoms with Crippen LogP contribution in [0.25, 0.3) is 0 Å². The van der Waals surface area contributed by atoms with Crippen LogP contribution in [0.5, 0.6) is 0 Å². The molecule has 1 heterocycles. The summed E-state index contributed by atoms with van der Waals surface area (Å²) < 4.78 is 33.2. The van der Waals surface area contributed by atoms with Crippen LogP contribution in [-0.4, -0.2) is 69.5 Å². The second-order valence-electron chi connectivity index (χ2n) is 4.20. The average molecular weight is 279 g/mol. The van der Waals surface area contributed by atoms with Crippen molar-refractivity contribution >= 4 is 10.2 Å². The van der Waals surface area contributed by atoms with E-state index in [1.165, 1.54) is 4.31 Å². The SMILES string of the molecule is CCOCCN(CC)S(=O)(=O)N1CCCNCC1. The van der Waals surface area contributed by atoms with Gasteiger partial charge in [0, 0.05) is 39.3 Å². The highest BCUT2D eigenvalue weighted by molar-refractivity contribution is 7.86. The Kier molecular flexibility index (Phi) is 7.10. The van der Waals surface area contributed by atoms with Gasteiger partial charge in [-0.25, -0.2) is 0 Å². The van der Waals surface area contributed by atoms with Gasteiger partial charge in [0.15, 0.2) is 0 Å². The molecule has 1 N–H and O–H groups in total. The molecule has 0 amide bonds. The first kappa shape index (κ1) is 15.8. The third kappa shape index (κ3) is 4.47. The molecule has 6 nitrogen and oxygen atoms in total. The van der Waals surface area contributed by atoms with Gasteiger partial charge in [-0.2, -0.15) is 17.0 Å². The second kappa shape index (κ2) is 8.06. The maximum absolute atomic E-state index is 12.4. The Labute approximate surface area is 110 Å². The molecule has 0 spiro atoms. The standard InChI is InChI=1S/C11H25N3O3S/c1-3-13(10-11-17-4-2)18(15,16)14-8-5-6-12-7-9-14/h12H,3-11H2,1-2H3. The van der Waals surface area contributed by atoms with Crippen LogP contribution in [0.3, 0.4) is 0 Å². The van der Waals surface area contributed by atoms with Crippen LogP contribution in [0.4, 0.5) is 0 Å². The molecule has 0 unspecified atom stereocenters. The van der Waals surface area contributed by atoms with E-state index >= 15 is 0 Å². The summed E-state index contributed by atoms with van der Waals surface area (Å²) in [6.07, 6.45) is 0.863. The molecule has 1 rings (SSSR count). The van der Waals surface area contributed by atoms with Gasteiger partial charge in [-0.05, 0) is 19.9 Å². The maximum atomic E-state index is 12.4. The van der Waals surface area contributed by atoms with Gasteiger partial charge in [-0.15, -0.1) is 0 Å². The lowest BCUT2D eigenvalue weighted by atomic mass is 10.4. The Balaban J connectivity index is 2.62. The van der Waals surface area contributed by atoms with Gasteiger partial charge in [0.2, 0.25) is 0 Å². The van der Waals surface area contributed by atoms with Crippen molar-refractivity contribution in [3.63, 3.8) is 0 Å². The fourth-order valence-corrected chi connectivity index (χ4v) is 3.60. The number of hydrogen-bond acceptors (Lipinski definition) is 4. The van der Waals surface area contributed by atoms with Crippen molar-refractivity contribution in [2.45, 2.75) is 20.3 Å². The molecule has 0 atom stereocenters. The normalized spacial score (nSPS) is 19.1. The van der Waals surface area contributed by atoms with Crippen molar-refractivity contribution in [3.05, 3.63) is 0 Å². The van der Waals surface area contributed by atoms with E-state index in [1.54, 1.807) is 4.31 Å². The molecule has 0 saturated carbocycles. The largest absolute Gasteiger partial charge is 0.380 e. The molecule has 0 bridgehead atoms. The van der Waals surface area contributed by atoms with Crippen LogP contribution in [0, 0.1) is 0 Å². The van der Waals surface area contributed by atoms with Crippen LogP contribution < -0.4 is 5.32 Å². The summed E-state index contributed by atoms with van der Waals surface area (Å²) in [7, 11) is -3.33.